The third-order valence-corrected chi connectivity index (χ3v) is 8.27. The van der Waals surface area contributed by atoms with Crippen LogP contribution in [0.1, 0.15) is 62.7 Å². The van der Waals surface area contributed by atoms with E-state index in [1.807, 2.05) is 24.5 Å². The van der Waals surface area contributed by atoms with Crippen molar-refractivity contribution in [1.29, 1.82) is 0 Å². The van der Waals surface area contributed by atoms with Crippen molar-refractivity contribution in [2.75, 3.05) is 30.6 Å². The van der Waals surface area contributed by atoms with Crippen LogP contribution in [0.4, 0.5) is 17.2 Å². The molecule has 1 saturated carbocycles. The van der Waals surface area contributed by atoms with Gasteiger partial charge in [0.25, 0.3) is 0 Å². The number of anilines is 3. The number of aliphatic hydroxyl groups is 1. The number of imidazole rings is 1. The van der Waals surface area contributed by atoms with Crippen LogP contribution in [0.15, 0.2) is 29.2 Å². The van der Waals surface area contributed by atoms with Gasteiger partial charge in [-0.2, -0.15) is 0 Å². The Labute approximate surface area is 217 Å². The van der Waals surface area contributed by atoms with Gasteiger partial charge in [-0.3, -0.25) is 4.57 Å². The molecule has 0 bridgehead atoms. The number of ether oxygens (including phenoxy) is 2. The van der Waals surface area contributed by atoms with Crippen molar-refractivity contribution in [2.24, 2.45) is 5.92 Å². The molecule has 3 atom stereocenters. The Morgan fingerprint density at radius 2 is 1.95 bits per heavy atom. The molecule has 5 rings (SSSR count). The maximum atomic E-state index is 12.8. The van der Waals surface area contributed by atoms with Gasteiger partial charge in [-0.1, -0.05) is 6.07 Å². The molecule has 3 aromatic rings. The number of hydrogen-bond acceptors (Lipinski definition) is 9. The zero-order chi connectivity index (χ0) is 26.3. The van der Waals surface area contributed by atoms with E-state index in [1.165, 1.54) is 6.26 Å². The highest BCUT2D eigenvalue weighted by molar-refractivity contribution is 7.90. The molecule has 3 N–H and O–H groups in total. The van der Waals surface area contributed by atoms with Crippen LogP contribution in [0.5, 0.6) is 0 Å². The number of aryl methyl sites for hydroxylation is 1. The first-order valence-electron chi connectivity index (χ1n) is 12.8. The van der Waals surface area contributed by atoms with E-state index in [9.17, 15) is 13.5 Å². The summed E-state index contributed by atoms with van der Waals surface area (Å²) in [4.78, 5) is 9.78. The molecular weight excluding hydrogens is 494 g/mol. The first-order chi connectivity index (χ1) is 17.7. The zero-order valence-corrected chi connectivity index (χ0v) is 22.5. The third-order valence-electron chi connectivity index (χ3n) is 7.13. The van der Waals surface area contributed by atoms with Crippen LogP contribution < -0.4 is 10.6 Å². The summed E-state index contributed by atoms with van der Waals surface area (Å²) < 4.78 is 38.9. The fourth-order valence-corrected chi connectivity index (χ4v) is 5.65. The van der Waals surface area contributed by atoms with Crippen molar-refractivity contribution in [3.63, 3.8) is 0 Å². The van der Waals surface area contributed by atoms with Gasteiger partial charge in [0.15, 0.2) is 15.5 Å². The average molecular weight is 530 g/mol. The second-order valence-corrected chi connectivity index (χ2v) is 12.0. The zero-order valence-electron chi connectivity index (χ0n) is 21.7. The fraction of sp³-hybridized carbons (Fsp3) is 0.538. The van der Waals surface area contributed by atoms with Crippen molar-refractivity contribution in [2.45, 2.75) is 69.4 Å². The highest BCUT2D eigenvalue weighted by Gasteiger charge is 2.31. The van der Waals surface area contributed by atoms with Gasteiger partial charge in [-0.15, -0.1) is 0 Å². The molecule has 0 radical (unpaired) electrons. The summed E-state index contributed by atoms with van der Waals surface area (Å²) >= 11 is 0. The summed E-state index contributed by atoms with van der Waals surface area (Å²) in [6.45, 7) is 4.46. The first-order valence-corrected chi connectivity index (χ1v) is 14.6. The summed E-state index contributed by atoms with van der Waals surface area (Å²) in [5, 5.41) is 17.0. The van der Waals surface area contributed by atoms with Gasteiger partial charge in [-0.25, -0.2) is 18.4 Å². The number of nitrogens with one attached hydrogen (secondary N) is 2. The molecule has 10 nitrogen and oxygen atoms in total. The number of aromatic nitrogens is 3. The highest BCUT2D eigenvalue weighted by Crippen LogP contribution is 2.37. The van der Waals surface area contributed by atoms with Crippen LogP contribution in [0.25, 0.3) is 11.2 Å². The van der Waals surface area contributed by atoms with Crippen LogP contribution >= 0.6 is 0 Å². The molecule has 37 heavy (non-hydrogen) atoms. The molecule has 3 heterocycles. The van der Waals surface area contributed by atoms with Gasteiger partial charge >= 0.3 is 0 Å². The molecule has 1 aliphatic carbocycles. The number of rotatable bonds is 9. The molecular formula is C26H35N5O5S. The third kappa shape index (κ3) is 5.45. The lowest BCUT2D eigenvalue weighted by Crippen LogP contribution is -2.22. The number of nitrogens with zero attached hydrogens (tertiary/aromatic N) is 3. The minimum Gasteiger partial charge on any atom is -0.377 e. The van der Waals surface area contributed by atoms with Crippen LogP contribution in [0.2, 0.25) is 0 Å². The Morgan fingerprint density at radius 3 is 2.59 bits per heavy atom. The number of hydrogen-bond donors (Lipinski definition) is 3. The number of methoxy groups -OCH3 is 1. The second kappa shape index (κ2) is 10.2. The van der Waals surface area contributed by atoms with E-state index in [-0.39, 0.29) is 23.1 Å². The fourth-order valence-electron chi connectivity index (χ4n) is 4.78. The van der Waals surface area contributed by atoms with Gasteiger partial charge in [0.1, 0.15) is 29.6 Å². The quantitative estimate of drug-likeness (QED) is 0.345. The normalized spacial score (nSPS) is 20.1. The molecule has 200 valence electrons. The minimum absolute atomic E-state index is 0.165. The largest absolute Gasteiger partial charge is 0.377 e. The Morgan fingerprint density at radius 1 is 1.16 bits per heavy atom. The van der Waals surface area contributed by atoms with Crippen LogP contribution in [0, 0.1) is 12.8 Å². The van der Waals surface area contributed by atoms with Gasteiger partial charge in [0.05, 0.1) is 22.4 Å². The second-order valence-electron chi connectivity index (χ2n) is 10.0. The van der Waals surface area contributed by atoms with Crippen molar-refractivity contribution in [3.8, 4) is 0 Å². The first kappa shape index (κ1) is 25.9. The lowest BCUT2D eigenvalue weighted by molar-refractivity contribution is -0.0308. The van der Waals surface area contributed by atoms with Gasteiger partial charge in [-0.05, 0) is 63.6 Å². The maximum Gasteiger partial charge on any atom is 0.177 e. The number of fused-ring (bicyclic) bond motifs is 1. The Balaban J connectivity index is 1.62. The summed E-state index contributed by atoms with van der Waals surface area (Å²) in [7, 11) is -1.97. The van der Waals surface area contributed by atoms with Crippen molar-refractivity contribution in [1.82, 2.24) is 14.5 Å². The predicted molar refractivity (Wildman–Crippen MR) is 142 cm³/mol. The maximum absolute atomic E-state index is 12.8. The highest BCUT2D eigenvalue weighted by atomic mass is 32.2. The van der Waals surface area contributed by atoms with Crippen LogP contribution in [-0.4, -0.2) is 54.3 Å². The van der Waals surface area contributed by atoms with Gasteiger partial charge < -0.3 is 25.2 Å². The van der Waals surface area contributed by atoms with Crippen molar-refractivity contribution in [3.05, 3.63) is 35.7 Å². The lowest BCUT2D eigenvalue weighted by atomic mass is 10.1. The predicted octanol–water partition coefficient (Wildman–Crippen LogP) is 4.43. The molecule has 2 aromatic heterocycles. The van der Waals surface area contributed by atoms with Crippen molar-refractivity contribution < 1.29 is 23.0 Å². The molecule has 2 aliphatic rings. The number of benzene rings is 1. The SMILES string of the molecule is COC(C)c1ccc(Nc2cc(NC(O)C3CC3)nc3c2nc(C)n3C2CCCCO2)c(S(C)(=O)=O)c1. The van der Waals surface area contributed by atoms with E-state index < -0.39 is 16.1 Å². The summed E-state index contributed by atoms with van der Waals surface area (Å²) in [6.07, 6.45) is 4.93. The molecule has 2 fully saturated rings. The molecule has 0 amide bonds. The monoisotopic (exact) mass is 529 g/mol. The average Bonchev–Trinajstić information content (AvgIpc) is 3.66. The molecule has 1 aliphatic heterocycles. The molecule has 1 aromatic carbocycles. The van der Waals surface area contributed by atoms with E-state index in [4.69, 9.17) is 19.4 Å². The lowest BCUT2D eigenvalue weighted by Gasteiger charge is -2.25. The van der Waals surface area contributed by atoms with Gasteiger partial charge in [0.2, 0.25) is 0 Å². The van der Waals surface area contributed by atoms with Crippen LogP contribution in [0.3, 0.4) is 0 Å². The van der Waals surface area contributed by atoms with E-state index in [2.05, 4.69) is 10.6 Å². The molecule has 11 heteroatoms. The topological polar surface area (TPSA) is 128 Å². The summed E-state index contributed by atoms with van der Waals surface area (Å²) in [5.74, 6) is 1.44. The van der Waals surface area contributed by atoms with Crippen molar-refractivity contribution >= 4 is 38.2 Å². The summed E-state index contributed by atoms with van der Waals surface area (Å²) in [5.41, 5.74) is 3.00. The van der Waals surface area contributed by atoms with E-state index >= 15 is 0 Å². The Kier molecular flexibility index (Phi) is 7.14. The molecule has 1 saturated heterocycles. The number of pyridine rings is 1. The smallest absolute Gasteiger partial charge is 0.177 e. The van der Waals surface area contributed by atoms with Gasteiger partial charge in [0, 0.05) is 32.0 Å². The Hall–Kier alpha value is -2.73. The number of sulfone groups is 1. The Bertz CT molecular complexity index is 1400. The minimum atomic E-state index is -3.56. The molecule has 0 spiro atoms. The van der Waals surface area contributed by atoms with Crippen LogP contribution in [-0.2, 0) is 19.3 Å². The van der Waals surface area contributed by atoms with E-state index in [0.717, 1.165) is 43.5 Å². The van der Waals surface area contributed by atoms with E-state index in [1.54, 1.807) is 25.3 Å². The van der Waals surface area contributed by atoms with E-state index in [0.29, 0.717) is 35.0 Å². The number of aliphatic hydroxyl groups excluding tert-OH is 1. The molecule has 3 unspecified atom stereocenters. The standard InChI is InChI=1S/C26H35N5O5S/c1-15(35-3)18-10-11-19(21(13-18)37(4,33)34)28-20-14-22(30-26(32)17-8-9-17)29-25-24(20)27-16(2)31(25)23-7-5-6-12-36-23/h10-11,13-15,17,23,26,32H,5-9,12H2,1-4H3,(H2,28,29,30). The summed E-state index contributed by atoms with van der Waals surface area (Å²) in [6, 6.07) is 7.00.